The molecular formula is C35H43Br2N7O3. The zero-order chi connectivity index (χ0) is 33.6. The van der Waals surface area contributed by atoms with E-state index < -0.39 is 11.5 Å². The van der Waals surface area contributed by atoms with Crippen LogP contribution in [0.1, 0.15) is 36.2 Å². The second kappa shape index (κ2) is 15.7. The molecule has 47 heavy (non-hydrogen) atoms. The predicted octanol–water partition coefficient (Wildman–Crippen LogP) is 5.82. The van der Waals surface area contributed by atoms with Crippen molar-refractivity contribution in [1.29, 1.82) is 0 Å². The van der Waals surface area contributed by atoms with Crippen molar-refractivity contribution in [3.63, 3.8) is 0 Å². The molecule has 5 N–H and O–H groups in total. The van der Waals surface area contributed by atoms with Gasteiger partial charge in [-0.05, 0) is 133 Å². The third-order valence-electron chi connectivity index (χ3n) is 8.78. The molecule has 2 aliphatic rings. The van der Waals surface area contributed by atoms with Gasteiger partial charge in [-0.1, -0.05) is 36.4 Å². The van der Waals surface area contributed by atoms with E-state index in [1.54, 1.807) is 0 Å². The normalized spacial score (nSPS) is 16.6. The van der Waals surface area contributed by atoms with Crippen molar-refractivity contribution in [3.8, 4) is 0 Å². The third kappa shape index (κ3) is 8.42. The van der Waals surface area contributed by atoms with Crippen LogP contribution < -0.4 is 16.4 Å². The highest BCUT2D eigenvalue weighted by atomic mass is 79.9. The molecule has 0 saturated carbocycles. The van der Waals surface area contributed by atoms with E-state index in [1.165, 1.54) is 5.56 Å². The summed E-state index contributed by atoms with van der Waals surface area (Å²) in [5.74, 6) is -0.718. The fourth-order valence-corrected chi connectivity index (χ4v) is 6.94. The molecule has 10 nitrogen and oxygen atoms in total. The van der Waals surface area contributed by atoms with Gasteiger partial charge in [-0.3, -0.25) is 0 Å². The zero-order valence-corrected chi connectivity index (χ0v) is 30.1. The van der Waals surface area contributed by atoms with Crippen LogP contribution in [0.5, 0.6) is 0 Å². The molecule has 0 bridgehead atoms. The molecule has 250 valence electrons. The highest BCUT2D eigenvalue weighted by Crippen LogP contribution is 2.31. The molecule has 2 aliphatic heterocycles. The number of amides is 2. The Morgan fingerprint density at radius 2 is 1.79 bits per heavy atom. The molecule has 6 rings (SSSR count). The van der Waals surface area contributed by atoms with Gasteiger partial charge in [0, 0.05) is 40.2 Å². The molecule has 2 amide bonds. The van der Waals surface area contributed by atoms with Crippen LogP contribution in [0.25, 0.3) is 11.0 Å². The second-order valence-electron chi connectivity index (χ2n) is 12.4. The van der Waals surface area contributed by atoms with Gasteiger partial charge in [0.25, 0.3) is 0 Å². The number of aryl methyl sites for hydroxylation is 1. The number of hydrogen-bond donors (Lipinski definition) is 4. The van der Waals surface area contributed by atoms with Crippen molar-refractivity contribution in [3.05, 3.63) is 92.6 Å². The van der Waals surface area contributed by atoms with Gasteiger partial charge in [-0.25, -0.2) is 14.6 Å². The highest BCUT2D eigenvalue weighted by Gasteiger charge is 2.41. The van der Waals surface area contributed by atoms with E-state index >= 15 is 0 Å². The zero-order valence-electron chi connectivity index (χ0n) is 26.9. The van der Waals surface area contributed by atoms with Crippen molar-refractivity contribution in [2.24, 2.45) is 5.73 Å². The van der Waals surface area contributed by atoms with E-state index in [-0.39, 0.29) is 12.5 Å². The Labute approximate surface area is 293 Å². The van der Waals surface area contributed by atoms with Crippen molar-refractivity contribution >= 4 is 60.6 Å². The fourth-order valence-electron chi connectivity index (χ4n) is 6.27. The number of carbonyl (C=O) groups is 2. The van der Waals surface area contributed by atoms with Crippen LogP contribution in [0.2, 0.25) is 0 Å². The number of aromatic nitrogens is 2. The quantitative estimate of drug-likeness (QED) is 0.169. The molecule has 1 saturated heterocycles. The summed E-state index contributed by atoms with van der Waals surface area (Å²) < 4.78 is 3.71. The highest BCUT2D eigenvalue weighted by molar-refractivity contribution is 9.13. The number of piperidine rings is 1. The number of benzene rings is 3. The minimum absolute atomic E-state index is 0.0619. The lowest BCUT2D eigenvalue weighted by molar-refractivity contribution is -0.144. The van der Waals surface area contributed by atoms with Gasteiger partial charge in [0.15, 0.2) is 5.54 Å². The summed E-state index contributed by atoms with van der Waals surface area (Å²) in [6.07, 6.45) is 4.05. The summed E-state index contributed by atoms with van der Waals surface area (Å²) in [7, 11) is 4.03. The monoisotopic (exact) mass is 767 g/mol. The van der Waals surface area contributed by atoms with Crippen molar-refractivity contribution in [2.45, 2.75) is 50.2 Å². The van der Waals surface area contributed by atoms with Crippen LogP contribution in [0.4, 0.5) is 10.5 Å². The number of imidazole rings is 1. The maximum absolute atomic E-state index is 12.4. The summed E-state index contributed by atoms with van der Waals surface area (Å²) >= 11 is 6.92. The van der Waals surface area contributed by atoms with Crippen molar-refractivity contribution in [1.82, 2.24) is 24.7 Å². The number of rotatable bonds is 9. The third-order valence-corrected chi connectivity index (χ3v) is 10.7. The van der Waals surface area contributed by atoms with Crippen LogP contribution in [-0.4, -0.2) is 82.8 Å². The Kier molecular flexibility index (Phi) is 11.7. The molecule has 12 heteroatoms. The first-order chi connectivity index (χ1) is 22.6. The Morgan fingerprint density at radius 1 is 1.06 bits per heavy atom. The lowest BCUT2D eigenvalue weighted by atomic mass is 9.90. The molecule has 0 radical (unpaired) electrons. The Hall–Kier alpha value is -3.29. The molecule has 1 aromatic heterocycles. The number of fused-ring (bicyclic) bond motifs is 2. The molecule has 3 heterocycles. The number of nitrogens with zero attached hydrogens (tertiary/aromatic N) is 4. The predicted molar refractivity (Wildman–Crippen MR) is 194 cm³/mol. The standard InChI is InChI=1S/C21H24Br2N4O2.C14H19N3O/c1-26(2)10-5-11-27-18-7-4-3-6-17(18)25-19(27)21(24,20(28)29)13-14-8-9-15(22)16(23)12-14;18-14-16-13-4-2-1-3-11(13)7-10-17(14)12-5-8-15-9-6-12/h3-4,6-9,12H,5,10-11,13,24H2,1-2H3,(H,28,29);1-4,12,15H,5-10H2,(H,16,18). The summed E-state index contributed by atoms with van der Waals surface area (Å²) in [6, 6.07) is 21.8. The first-order valence-corrected chi connectivity index (χ1v) is 17.6. The number of nitrogens with one attached hydrogen (secondary N) is 2. The number of carboxylic acids is 1. The van der Waals surface area contributed by atoms with Crippen LogP contribution in [0.15, 0.2) is 75.7 Å². The molecule has 1 unspecified atom stereocenters. The van der Waals surface area contributed by atoms with Gasteiger partial charge < -0.3 is 35.8 Å². The van der Waals surface area contributed by atoms with Crippen LogP contribution in [-0.2, 0) is 29.7 Å². The number of anilines is 1. The van der Waals surface area contributed by atoms with Gasteiger partial charge in [0.05, 0.1) is 11.0 Å². The smallest absolute Gasteiger partial charge is 0.331 e. The maximum Gasteiger partial charge on any atom is 0.331 e. The molecule has 0 spiro atoms. The summed E-state index contributed by atoms with van der Waals surface area (Å²) in [4.78, 5) is 33.4. The lowest BCUT2D eigenvalue weighted by Crippen LogP contribution is -2.49. The minimum Gasteiger partial charge on any atom is -0.480 e. The average Bonchev–Trinajstić information content (AvgIpc) is 3.34. The van der Waals surface area contributed by atoms with Gasteiger partial charge >= 0.3 is 12.0 Å². The number of halogens is 2. The van der Waals surface area contributed by atoms with Gasteiger partial charge in [0.2, 0.25) is 0 Å². The molecule has 3 aromatic carbocycles. The van der Waals surface area contributed by atoms with E-state index in [2.05, 4.69) is 58.4 Å². The minimum atomic E-state index is -1.65. The fraction of sp³-hybridized carbons (Fsp3) is 0.400. The molecular weight excluding hydrogens is 726 g/mol. The van der Waals surface area contributed by atoms with Crippen LogP contribution in [0, 0.1) is 0 Å². The number of aliphatic carboxylic acids is 1. The Morgan fingerprint density at radius 3 is 2.51 bits per heavy atom. The first-order valence-electron chi connectivity index (χ1n) is 16.0. The Balaban J connectivity index is 0.000000205. The number of urea groups is 1. The topological polar surface area (TPSA) is 129 Å². The summed E-state index contributed by atoms with van der Waals surface area (Å²) in [5, 5.41) is 16.5. The van der Waals surface area contributed by atoms with E-state index in [4.69, 9.17) is 5.73 Å². The number of para-hydroxylation sites is 3. The Bertz CT molecular complexity index is 1710. The van der Waals surface area contributed by atoms with Crippen LogP contribution in [0.3, 0.4) is 0 Å². The molecule has 1 atom stereocenters. The maximum atomic E-state index is 12.4. The number of carbonyl (C=O) groups excluding carboxylic acids is 1. The number of carboxylic acid groups (broad SMARTS) is 1. The van der Waals surface area contributed by atoms with E-state index in [0.717, 1.165) is 83.1 Å². The van der Waals surface area contributed by atoms with E-state index in [0.29, 0.717) is 18.4 Å². The number of nitrogens with two attached hydrogens (primary N) is 1. The number of hydrogen-bond acceptors (Lipinski definition) is 6. The first kappa shape index (κ1) is 35.0. The van der Waals surface area contributed by atoms with Gasteiger partial charge in [-0.15, -0.1) is 0 Å². The SMILES string of the molecule is CN(C)CCCn1c(C(N)(Cc2ccc(Br)c(Br)c2)C(=O)O)nc2ccccc21.O=C1Nc2ccccc2CCN1C1CCNCC1. The molecule has 0 aliphatic carbocycles. The summed E-state index contributed by atoms with van der Waals surface area (Å²) in [5.41, 5.74) is 9.58. The molecule has 1 fully saturated rings. The van der Waals surface area contributed by atoms with E-state index in [9.17, 15) is 14.7 Å². The van der Waals surface area contributed by atoms with Gasteiger partial charge in [-0.2, -0.15) is 0 Å². The lowest BCUT2D eigenvalue weighted by Gasteiger charge is -2.33. The summed E-state index contributed by atoms with van der Waals surface area (Å²) in [6.45, 7) is 4.39. The average molecular weight is 770 g/mol. The molecule has 4 aromatic rings. The van der Waals surface area contributed by atoms with Gasteiger partial charge in [0.1, 0.15) is 5.82 Å². The van der Waals surface area contributed by atoms with Crippen molar-refractivity contribution in [2.75, 3.05) is 45.6 Å². The van der Waals surface area contributed by atoms with E-state index in [1.807, 2.05) is 84.2 Å². The van der Waals surface area contributed by atoms with Crippen molar-refractivity contribution < 1.29 is 14.7 Å². The second-order valence-corrected chi connectivity index (χ2v) is 14.2. The van der Waals surface area contributed by atoms with Crippen LogP contribution >= 0.6 is 31.9 Å². The largest absolute Gasteiger partial charge is 0.480 e.